The van der Waals surface area contributed by atoms with Crippen LogP contribution in [0.25, 0.3) is 0 Å². The molecule has 0 atom stereocenters. The van der Waals surface area contributed by atoms with Crippen LogP contribution in [0, 0.1) is 6.92 Å². The third kappa shape index (κ3) is 1.58. The maximum Gasteiger partial charge on any atom is 0.316 e. The summed E-state index contributed by atoms with van der Waals surface area (Å²) in [7, 11) is 3.11. The maximum atomic E-state index is 4.96. The summed E-state index contributed by atoms with van der Waals surface area (Å²) in [5.41, 5.74) is 0.777. The van der Waals surface area contributed by atoms with Crippen molar-refractivity contribution in [2.24, 2.45) is 0 Å². The van der Waals surface area contributed by atoms with Crippen LogP contribution < -0.4 is 9.47 Å². The number of hydrogen-bond donors (Lipinski definition) is 0. The Hall–Kier alpha value is -1.32. The van der Waals surface area contributed by atoms with Crippen molar-refractivity contribution >= 4 is 0 Å². The van der Waals surface area contributed by atoms with Crippen LogP contribution in [-0.2, 0) is 0 Å². The summed E-state index contributed by atoms with van der Waals surface area (Å²) in [5.74, 6) is 0.672. The first-order valence-corrected chi connectivity index (χ1v) is 3.19. The average Bonchev–Trinajstić information content (AvgIpc) is 2.04. The maximum absolute atomic E-state index is 4.96. The Kier molecular flexibility index (Phi) is 2.25. The molecule has 0 amide bonds. The Morgan fingerprint density at radius 1 is 1.27 bits per heavy atom. The molecule has 1 aromatic rings. The molecule has 0 spiro atoms. The van der Waals surface area contributed by atoms with Crippen LogP contribution in [-0.4, -0.2) is 24.2 Å². The predicted octanol–water partition coefficient (Wildman–Crippen LogP) is 0.802. The second kappa shape index (κ2) is 3.18. The van der Waals surface area contributed by atoms with E-state index in [4.69, 9.17) is 9.47 Å². The lowest BCUT2D eigenvalue weighted by atomic mass is 10.4. The zero-order chi connectivity index (χ0) is 8.27. The van der Waals surface area contributed by atoms with Gasteiger partial charge >= 0.3 is 6.01 Å². The van der Waals surface area contributed by atoms with E-state index in [0.717, 1.165) is 5.69 Å². The minimum absolute atomic E-state index is 0.364. The molecule has 60 valence electrons. The first kappa shape index (κ1) is 7.78. The minimum Gasteiger partial charge on any atom is -0.493 e. The summed E-state index contributed by atoms with van der Waals surface area (Å²) in [5, 5.41) is 0. The lowest BCUT2D eigenvalue weighted by Gasteiger charge is -2.03. The summed E-state index contributed by atoms with van der Waals surface area (Å²) in [4.78, 5) is 7.87. The number of ether oxygens (including phenoxy) is 2. The number of aryl methyl sites for hydroxylation is 1. The van der Waals surface area contributed by atoms with E-state index in [1.165, 1.54) is 7.11 Å². The molecule has 0 N–H and O–H groups in total. The van der Waals surface area contributed by atoms with Gasteiger partial charge in [0.25, 0.3) is 0 Å². The van der Waals surface area contributed by atoms with E-state index in [9.17, 15) is 0 Å². The Morgan fingerprint density at radius 2 is 2.00 bits per heavy atom. The lowest BCUT2D eigenvalue weighted by Crippen LogP contribution is -1.96. The van der Waals surface area contributed by atoms with Crippen molar-refractivity contribution in [2.75, 3.05) is 14.2 Å². The van der Waals surface area contributed by atoms with Gasteiger partial charge in [0.2, 0.25) is 0 Å². The first-order chi connectivity index (χ1) is 5.27. The number of rotatable bonds is 2. The molecule has 1 heterocycles. The molecule has 4 heteroatoms. The first-order valence-electron chi connectivity index (χ1n) is 3.19. The normalized spacial score (nSPS) is 9.36. The molecule has 4 nitrogen and oxygen atoms in total. The fraction of sp³-hybridized carbons (Fsp3) is 0.429. The van der Waals surface area contributed by atoms with E-state index in [1.54, 1.807) is 13.3 Å². The van der Waals surface area contributed by atoms with Crippen LogP contribution in [0.3, 0.4) is 0 Å². The minimum atomic E-state index is 0.364. The van der Waals surface area contributed by atoms with Gasteiger partial charge in [-0.2, -0.15) is 9.97 Å². The second-order valence-corrected chi connectivity index (χ2v) is 2.01. The van der Waals surface area contributed by atoms with Gasteiger partial charge in [-0.1, -0.05) is 0 Å². The third-order valence-electron chi connectivity index (χ3n) is 1.31. The molecule has 0 unspecified atom stereocenters. The van der Waals surface area contributed by atoms with Crippen molar-refractivity contribution in [3.8, 4) is 11.8 Å². The highest BCUT2D eigenvalue weighted by Gasteiger charge is 2.01. The molecule has 0 saturated heterocycles. The van der Waals surface area contributed by atoms with Gasteiger partial charge in [0.15, 0.2) is 5.75 Å². The average molecular weight is 154 g/mol. The highest BCUT2D eigenvalue weighted by atomic mass is 16.5. The molecule has 1 aromatic heterocycles. The van der Waals surface area contributed by atoms with Crippen molar-refractivity contribution < 1.29 is 9.47 Å². The fourth-order valence-electron chi connectivity index (χ4n) is 0.733. The van der Waals surface area contributed by atoms with Gasteiger partial charge in [0, 0.05) is 0 Å². The van der Waals surface area contributed by atoms with Crippen LogP contribution in [0.1, 0.15) is 5.69 Å². The summed E-state index contributed by atoms with van der Waals surface area (Å²) in [6.45, 7) is 1.84. The van der Waals surface area contributed by atoms with Gasteiger partial charge in [-0.3, -0.25) is 0 Å². The molecule has 0 saturated carbocycles. The summed E-state index contributed by atoms with van der Waals surface area (Å²) >= 11 is 0. The summed E-state index contributed by atoms with van der Waals surface area (Å²) in [6, 6.07) is 0.364. The van der Waals surface area contributed by atoms with E-state index >= 15 is 0 Å². The summed E-state index contributed by atoms with van der Waals surface area (Å²) in [6.07, 6.45) is 1.58. The second-order valence-electron chi connectivity index (χ2n) is 2.01. The highest BCUT2D eigenvalue weighted by molar-refractivity contribution is 5.24. The molecular formula is C7H10N2O2. The van der Waals surface area contributed by atoms with E-state index in [2.05, 4.69) is 9.97 Å². The monoisotopic (exact) mass is 154 g/mol. The van der Waals surface area contributed by atoms with Crippen LogP contribution in [0.4, 0.5) is 0 Å². The van der Waals surface area contributed by atoms with Gasteiger partial charge in [0.05, 0.1) is 26.1 Å². The molecule has 0 aromatic carbocycles. The van der Waals surface area contributed by atoms with E-state index < -0.39 is 0 Å². The number of aromatic nitrogens is 2. The molecule has 1 rings (SSSR count). The van der Waals surface area contributed by atoms with Crippen LogP contribution in [0.15, 0.2) is 6.20 Å². The smallest absolute Gasteiger partial charge is 0.316 e. The van der Waals surface area contributed by atoms with Crippen molar-refractivity contribution in [1.29, 1.82) is 0 Å². The molecule has 0 aliphatic rings. The molecule has 0 aliphatic carbocycles. The highest BCUT2D eigenvalue weighted by Crippen LogP contribution is 2.14. The van der Waals surface area contributed by atoms with Crippen LogP contribution in [0.2, 0.25) is 0 Å². The van der Waals surface area contributed by atoms with E-state index in [-0.39, 0.29) is 0 Å². The molecule has 0 aliphatic heterocycles. The zero-order valence-corrected chi connectivity index (χ0v) is 6.79. The lowest BCUT2D eigenvalue weighted by molar-refractivity contribution is 0.366. The Labute approximate surface area is 65.2 Å². The topological polar surface area (TPSA) is 44.2 Å². The number of nitrogens with zero attached hydrogens (tertiary/aromatic N) is 2. The molecule has 0 bridgehead atoms. The van der Waals surface area contributed by atoms with Gasteiger partial charge in [-0.25, -0.2) is 0 Å². The van der Waals surface area contributed by atoms with Gasteiger partial charge < -0.3 is 9.47 Å². The molecule has 0 radical (unpaired) electrons. The van der Waals surface area contributed by atoms with Gasteiger partial charge in [-0.05, 0) is 6.92 Å². The number of methoxy groups -OCH3 is 2. The molecular weight excluding hydrogens is 144 g/mol. The van der Waals surface area contributed by atoms with Gasteiger partial charge in [0.1, 0.15) is 0 Å². The van der Waals surface area contributed by atoms with Gasteiger partial charge in [-0.15, -0.1) is 0 Å². The van der Waals surface area contributed by atoms with E-state index in [1.807, 2.05) is 6.92 Å². The largest absolute Gasteiger partial charge is 0.493 e. The van der Waals surface area contributed by atoms with E-state index in [0.29, 0.717) is 11.8 Å². The van der Waals surface area contributed by atoms with Crippen molar-refractivity contribution in [3.63, 3.8) is 0 Å². The van der Waals surface area contributed by atoms with Crippen molar-refractivity contribution in [1.82, 2.24) is 9.97 Å². The van der Waals surface area contributed by atoms with Crippen LogP contribution in [0.5, 0.6) is 11.8 Å². The standard InChI is InChI=1S/C7H10N2O2/c1-5-6(10-2)4-8-7(9-5)11-3/h4H,1-3H3. The molecule has 11 heavy (non-hydrogen) atoms. The Bertz CT molecular complexity index is 250. The van der Waals surface area contributed by atoms with Crippen LogP contribution >= 0.6 is 0 Å². The quantitative estimate of drug-likeness (QED) is 0.632. The molecule has 0 fully saturated rings. The Morgan fingerprint density at radius 3 is 2.45 bits per heavy atom. The summed E-state index contributed by atoms with van der Waals surface area (Å²) < 4.78 is 9.78. The van der Waals surface area contributed by atoms with Crippen molar-refractivity contribution in [2.45, 2.75) is 6.92 Å². The number of hydrogen-bond acceptors (Lipinski definition) is 4. The third-order valence-corrected chi connectivity index (χ3v) is 1.31. The fourth-order valence-corrected chi connectivity index (χ4v) is 0.733. The SMILES string of the molecule is COc1ncc(OC)c(C)n1. The Balaban J connectivity index is 2.99. The zero-order valence-electron chi connectivity index (χ0n) is 6.79. The predicted molar refractivity (Wildman–Crippen MR) is 39.9 cm³/mol. The van der Waals surface area contributed by atoms with Crippen molar-refractivity contribution in [3.05, 3.63) is 11.9 Å².